The van der Waals surface area contributed by atoms with Crippen molar-refractivity contribution in [1.82, 2.24) is 19.2 Å². The number of nitriles is 1. The van der Waals surface area contributed by atoms with Gasteiger partial charge in [0, 0.05) is 18.1 Å². The van der Waals surface area contributed by atoms with Gasteiger partial charge < -0.3 is 13.9 Å². The van der Waals surface area contributed by atoms with Crippen LogP contribution in [0.1, 0.15) is 11.1 Å². The van der Waals surface area contributed by atoms with E-state index in [4.69, 9.17) is 9.47 Å². The Hall–Kier alpha value is -4.22. The van der Waals surface area contributed by atoms with E-state index >= 15 is 0 Å². The maximum absolute atomic E-state index is 9.76. The molecular weight excluding hydrogens is 446 g/mol. The number of ether oxygens (including phenoxy) is 2. The molecule has 0 atom stereocenters. The van der Waals surface area contributed by atoms with Crippen molar-refractivity contribution in [3.63, 3.8) is 0 Å². The van der Waals surface area contributed by atoms with Crippen LogP contribution in [0.3, 0.4) is 0 Å². The van der Waals surface area contributed by atoms with E-state index in [1.807, 2.05) is 88.1 Å². The number of aromatic nitrogens is 4. The second-order valence-corrected chi connectivity index (χ2v) is 8.41. The number of rotatable bonds is 7. The first kappa shape index (κ1) is 21.6. The number of fused-ring (bicyclic) bond motifs is 1. The summed E-state index contributed by atoms with van der Waals surface area (Å²) in [5, 5.41) is 19.5. The lowest BCUT2D eigenvalue weighted by Gasteiger charge is -2.13. The van der Waals surface area contributed by atoms with Gasteiger partial charge in [-0.05, 0) is 54.1 Å². The number of nitrogens with zero attached hydrogens (tertiary/aromatic N) is 5. The summed E-state index contributed by atoms with van der Waals surface area (Å²) in [6.07, 6.45) is 3.94. The van der Waals surface area contributed by atoms with Crippen molar-refractivity contribution in [1.29, 1.82) is 5.26 Å². The molecule has 0 saturated carbocycles. The van der Waals surface area contributed by atoms with Crippen molar-refractivity contribution in [2.45, 2.75) is 10.9 Å². The van der Waals surface area contributed by atoms with Crippen LogP contribution >= 0.6 is 11.8 Å². The maximum Gasteiger partial charge on any atom is 0.196 e. The van der Waals surface area contributed by atoms with Gasteiger partial charge in [-0.25, -0.2) is 0 Å². The van der Waals surface area contributed by atoms with Gasteiger partial charge in [-0.15, -0.1) is 10.2 Å². The van der Waals surface area contributed by atoms with Crippen LogP contribution < -0.4 is 9.47 Å². The minimum absolute atomic E-state index is 0.574. The molecule has 3 aromatic heterocycles. The molecule has 0 saturated heterocycles. The molecule has 2 aromatic carbocycles. The van der Waals surface area contributed by atoms with E-state index in [2.05, 4.69) is 16.3 Å². The summed E-state index contributed by atoms with van der Waals surface area (Å²) < 4.78 is 14.9. The Morgan fingerprint density at radius 1 is 0.941 bits per heavy atom. The van der Waals surface area contributed by atoms with Gasteiger partial charge in [0.15, 0.2) is 11.0 Å². The Balaban J connectivity index is 1.57. The summed E-state index contributed by atoms with van der Waals surface area (Å²) in [5.74, 6) is 2.73. The van der Waals surface area contributed by atoms with Gasteiger partial charge in [-0.2, -0.15) is 5.26 Å². The Labute approximate surface area is 201 Å². The molecule has 3 heterocycles. The van der Waals surface area contributed by atoms with Gasteiger partial charge in [0.25, 0.3) is 0 Å². The van der Waals surface area contributed by atoms with E-state index in [-0.39, 0.29) is 0 Å². The Kier molecular flexibility index (Phi) is 5.93. The number of benzene rings is 2. The van der Waals surface area contributed by atoms with Crippen molar-refractivity contribution < 1.29 is 9.47 Å². The first-order valence-electron chi connectivity index (χ1n) is 10.6. The summed E-state index contributed by atoms with van der Waals surface area (Å²) >= 11 is 1.53. The minimum Gasteiger partial charge on any atom is -0.497 e. The van der Waals surface area contributed by atoms with Gasteiger partial charge >= 0.3 is 0 Å². The first-order chi connectivity index (χ1) is 16.7. The number of para-hydroxylation sites is 1. The van der Waals surface area contributed by atoms with Crippen LogP contribution in [0.25, 0.3) is 22.6 Å². The van der Waals surface area contributed by atoms with Crippen molar-refractivity contribution in [3.8, 4) is 34.6 Å². The van der Waals surface area contributed by atoms with E-state index < -0.39 is 0 Å². The number of hydrogen-bond acceptors (Lipinski definition) is 6. The Bertz CT molecular complexity index is 1500. The van der Waals surface area contributed by atoms with Crippen molar-refractivity contribution in [2.24, 2.45) is 0 Å². The molecule has 5 rings (SSSR count). The third kappa shape index (κ3) is 3.87. The third-order valence-corrected chi connectivity index (χ3v) is 6.52. The lowest BCUT2D eigenvalue weighted by atomic mass is 10.2. The fourth-order valence-electron chi connectivity index (χ4n) is 3.89. The van der Waals surface area contributed by atoms with Crippen LogP contribution in [0.2, 0.25) is 0 Å². The second kappa shape index (κ2) is 9.33. The topological polar surface area (TPSA) is 77.4 Å². The highest BCUT2D eigenvalue weighted by Gasteiger charge is 2.20. The molecule has 0 radical (unpaired) electrons. The molecule has 0 aliphatic heterocycles. The Morgan fingerprint density at radius 3 is 2.50 bits per heavy atom. The zero-order valence-electron chi connectivity index (χ0n) is 18.7. The number of hydrogen-bond donors (Lipinski definition) is 0. The molecule has 0 fully saturated rings. The highest BCUT2D eigenvalue weighted by Crippen LogP contribution is 2.35. The largest absolute Gasteiger partial charge is 0.497 e. The summed E-state index contributed by atoms with van der Waals surface area (Å²) in [5.41, 5.74) is 4.26. The Morgan fingerprint density at radius 2 is 1.74 bits per heavy atom. The third-order valence-electron chi connectivity index (χ3n) is 5.54. The van der Waals surface area contributed by atoms with Gasteiger partial charge in [-0.1, -0.05) is 30.0 Å². The van der Waals surface area contributed by atoms with Crippen LogP contribution in [0.4, 0.5) is 0 Å². The SMILES string of the molecule is COc1ccc(-n2c(SCc3cn4ccccc4c3C#N)nnc2-c2ccccc2OC)cc1. The molecule has 0 aliphatic rings. The molecule has 0 bridgehead atoms. The van der Waals surface area contributed by atoms with Crippen molar-refractivity contribution in [3.05, 3.63) is 90.3 Å². The highest BCUT2D eigenvalue weighted by atomic mass is 32.2. The molecule has 0 spiro atoms. The zero-order chi connectivity index (χ0) is 23.5. The molecular formula is C26H21N5O2S. The normalized spacial score (nSPS) is 10.9. The molecule has 5 aromatic rings. The van der Waals surface area contributed by atoms with Gasteiger partial charge in [0.1, 0.15) is 17.6 Å². The van der Waals surface area contributed by atoms with Crippen LogP contribution in [-0.4, -0.2) is 33.4 Å². The smallest absolute Gasteiger partial charge is 0.196 e. The minimum atomic E-state index is 0.574. The average molecular weight is 468 g/mol. The molecule has 0 unspecified atom stereocenters. The molecule has 0 amide bonds. The maximum atomic E-state index is 9.76. The number of methoxy groups -OCH3 is 2. The molecule has 7 nitrogen and oxygen atoms in total. The highest BCUT2D eigenvalue weighted by molar-refractivity contribution is 7.98. The summed E-state index contributed by atoms with van der Waals surface area (Å²) in [7, 11) is 3.29. The van der Waals surface area contributed by atoms with Crippen molar-refractivity contribution >= 4 is 17.3 Å². The standard InChI is InChI=1S/C26H21N5O2S/c1-32-20-12-10-19(11-13-20)31-25(21-7-3-4-9-24(21)33-2)28-29-26(31)34-17-18-16-30-14-6-5-8-23(30)22(18)15-27/h3-14,16H,17H2,1-2H3. The summed E-state index contributed by atoms with van der Waals surface area (Å²) in [4.78, 5) is 0. The molecule has 0 N–H and O–H groups in total. The van der Waals surface area contributed by atoms with Crippen LogP contribution in [0.15, 0.2) is 84.3 Å². The van der Waals surface area contributed by atoms with E-state index in [1.54, 1.807) is 14.2 Å². The van der Waals surface area contributed by atoms with E-state index in [0.717, 1.165) is 28.1 Å². The first-order valence-corrected chi connectivity index (χ1v) is 11.6. The fourth-order valence-corrected chi connectivity index (χ4v) is 4.81. The molecule has 0 aliphatic carbocycles. The van der Waals surface area contributed by atoms with Gasteiger partial charge in [-0.3, -0.25) is 4.57 Å². The van der Waals surface area contributed by atoms with Crippen LogP contribution in [0, 0.1) is 11.3 Å². The second-order valence-electron chi connectivity index (χ2n) is 7.46. The monoisotopic (exact) mass is 467 g/mol. The predicted octanol–water partition coefficient (Wildman–Crippen LogP) is 5.37. The number of thioether (sulfide) groups is 1. The van der Waals surface area contributed by atoms with Crippen molar-refractivity contribution in [2.75, 3.05) is 14.2 Å². The van der Waals surface area contributed by atoms with E-state index in [1.165, 1.54) is 11.8 Å². The zero-order valence-corrected chi connectivity index (χ0v) is 19.5. The van der Waals surface area contributed by atoms with Gasteiger partial charge in [0.05, 0.1) is 36.6 Å². The number of pyridine rings is 1. The lowest BCUT2D eigenvalue weighted by Crippen LogP contribution is -2.01. The summed E-state index contributed by atoms with van der Waals surface area (Å²) in [6, 6.07) is 23.7. The fraction of sp³-hybridized carbons (Fsp3) is 0.115. The van der Waals surface area contributed by atoms with E-state index in [0.29, 0.717) is 28.0 Å². The molecule has 34 heavy (non-hydrogen) atoms. The molecule has 168 valence electrons. The lowest BCUT2D eigenvalue weighted by molar-refractivity contribution is 0.414. The molecule has 8 heteroatoms. The average Bonchev–Trinajstić information content (AvgIpc) is 3.48. The quantitative estimate of drug-likeness (QED) is 0.300. The van der Waals surface area contributed by atoms with E-state index in [9.17, 15) is 5.26 Å². The van der Waals surface area contributed by atoms with Crippen LogP contribution in [0.5, 0.6) is 11.5 Å². The predicted molar refractivity (Wildman–Crippen MR) is 132 cm³/mol. The van der Waals surface area contributed by atoms with Gasteiger partial charge in [0.2, 0.25) is 0 Å². The van der Waals surface area contributed by atoms with Crippen LogP contribution in [-0.2, 0) is 5.75 Å². The summed E-state index contributed by atoms with van der Waals surface area (Å²) in [6.45, 7) is 0.